The SMILES string of the molecule is CCOC(=O)C1CCN([C@H]2/C(=N\O)[C@H]3CC[C@@H]2C3)CC1. The molecule has 0 radical (unpaired) electrons. The minimum atomic E-state index is -0.0452. The third-order valence-electron chi connectivity index (χ3n) is 5.30. The summed E-state index contributed by atoms with van der Waals surface area (Å²) in [7, 11) is 0. The second-order valence-corrected chi connectivity index (χ2v) is 6.30. The monoisotopic (exact) mass is 280 g/mol. The molecule has 3 rings (SSSR count). The maximum Gasteiger partial charge on any atom is 0.309 e. The number of nitrogens with zero attached hydrogens (tertiary/aromatic N) is 2. The zero-order valence-electron chi connectivity index (χ0n) is 12.1. The van der Waals surface area contributed by atoms with Crippen molar-refractivity contribution < 1.29 is 14.7 Å². The Labute approximate surface area is 120 Å². The van der Waals surface area contributed by atoms with Crippen molar-refractivity contribution in [2.45, 2.75) is 45.1 Å². The number of likely N-dealkylation sites (tertiary alicyclic amines) is 1. The molecule has 2 aliphatic carbocycles. The van der Waals surface area contributed by atoms with Crippen LogP contribution in [-0.4, -0.2) is 47.5 Å². The van der Waals surface area contributed by atoms with E-state index >= 15 is 0 Å². The predicted molar refractivity (Wildman–Crippen MR) is 74.8 cm³/mol. The van der Waals surface area contributed by atoms with Crippen molar-refractivity contribution >= 4 is 11.7 Å². The van der Waals surface area contributed by atoms with E-state index in [-0.39, 0.29) is 11.9 Å². The fraction of sp³-hybridized carbons (Fsp3) is 0.867. The van der Waals surface area contributed by atoms with Gasteiger partial charge in [-0.2, -0.15) is 0 Å². The van der Waals surface area contributed by atoms with Gasteiger partial charge in [-0.15, -0.1) is 0 Å². The van der Waals surface area contributed by atoms with Crippen LogP contribution >= 0.6 is 0 Å². The number of ether oxygens (including phenoxy) is 1. The maximum atomic E-state index is 11.8. The molecule has 1 aliphatic heterocycles. The number of esters is 1. The van der Waals surface area contributed by atoms with Crippen LogP contribution in [0.15, 0.2) is 5.16 Å². The average molecular weight is 280 g/mol. The molecule has 0 spiro atoms. The molecular formula is C15H24N2O3. The van der Waals surface area contributed by atoms with Gasteiger partial charge in [0.15, 0.2) is 0 Å². The number of carbonyl (C=O) groups is 1. The van der Waals surface area contributed by atoms with Gasteiger partial charge in [0.2, 0.25) is 0 Å². The Bertz CT molecular complexity index is 402. The molecule has 1 heterocycles. The van der Waals surface area contributed by atoms with E-state index in [4.69, 9.17) is 4.74 Å². The Morgan fingerprint density at radius 1 is 1.35 bits per heavy atom. The number of hydrogen-bond donors (Lipinski definition) is 1. The third-order valence-corrected chi connectivity index (χ3v) is 5.30. The first-order chi connectivity index (χ1) is 9.74. The zero-order valence-corrected chi connectivity index (χ0v) is 12.1. The molecule has 3 fully saturated rings. The van der Waals surface area contributed by atoms with Crippen LogP contribution in [0, 0.1) is 17.8 Å². The highest BCUT2D eigenvalue weighted by Crippen LogP contribution is 2.45. The molecule has 1 saturated heterocycles. The molecule has 5 heteroatoms. The van der Waals surface area contributed by atoms with E-state index in [1.54, 1.807) is 0 Å². The molecule has 3 atom stereocenters. The number of oxime groups is 1. The molecule has 0 unspecified atom stereocenters. The number of carbonyl (C=O) groups excluding carboxylic acids is 1. The van der Waals surface area contributed by atoms with Crippen molar-refractivity contribution in [3.05, 3.63) is 0 Å². The van der Waals surface area contributed by atoms with Gasteiger partial charge in [0.25, 0.3) is 0 Å². The van der Waals surface area contributed by atoms with E-state index < -0.39 is 0 Å². The second kappa shape index (κ2) is 5.72. The van der Waals surface area contributed by atoms with Gasteiger partial charge in [-0.3, -0.25) is 9.69 Å². The smallest absolute Gasteiger partial charge is 0.309 e. The highest BCUT2D eigenvalue weighted by molar-refractivity contribution is 5.94. The summed E-state index contributed by atoms with van der Waals surface area (Å²) in [4.78, 5) is 14.2. The van der Waals surface area contributed by atoms with Crippen molar-refractivity contribution in [3.8, 4) is 0 Å². The van der Waals surface area contributed by atoms with Gasteiger partial charge in [0.05, 0.1) is 24.3 Å². The van der Waals surface area contributed by atoms with Crippen LogP contribution in [0.5, 0.6) is 0 Å². The number of rotatable bonds is 3. The van der Waals surface area contributed by atoms with Crippen molar-refractivity contribution in [3.63, 3.8) is 0 Å². The van der Waals surface area contributed by atoms with Crippen LogP contribution in [-0.2, 0) is 9.53 Å². The van der Waals surface area contributed by atoms with Gasteiger partial charge in [-0.1, -0.05) is 5.16 Å². The predicted octanol–water partition coefficient (Wildman–Crippen LogP) is 1.89. The average Bonchev–Trinajstić information content (AvgIpc) is 3.08. The minimum absolute atomic E-state index is 0.0452. The van der Waals surface area contributed by atoms with E-state index in [9.17, 15) is 10.0 Å². The highest BCUT2D eigenvalue weighted by Gasteiger charge is 2.48. The summed E-state index contributed by atoms with van der Waals surface area (Å²) < 4.78 is 5.11. The Balaban J connectivity index is 1.60. The lowest BCUT2D eigenvalue weighted by atomic mass is 9.88. The lowest BCUT2D eigenvalue weighted by molar-refractivity contribution is -0.149. The van der Waals surface area contributed by atoms with Gasteiger partial charge in [0.1, 0.15) is 0 Å². The number of hydrogen-bond acceptors (Lipinski definition) is 5. The summed E-state index contributed by atoms with van der Waals surface area (Å²) in [5.41, 5.74) is 0.996. The third kappa shape index (κ3) is 2.32. The fourth-order valence-corrected chi connectivity index (χ4v) is 4.35. The molecule has 0 aromatic heterocycles. The van der Waals surface area contributed by atoms with Crippen molar-refractivity contribution in [1.29, 1.82) is 0 Å². The Morgan fingerprint density at radius 2 is 2.10 bits per heavy atom. The summed E-state index contributed by atoms with van der Waals surface area (Å²) in [5, 5.41) is 12.9. The van der Waals surface area contributed by atoms with Gasteiger partial charge in [-0.25, -0.2) is 0 Å². The minimum Gasteiger partial charge on any atom is -0.466 e. The molecule has 2 bridgehead atoms. The van der Waals surface area contributed by atoms with Gasteiger partial charge in [-0.05, 0) is 58.0 Å². The molecule has 112 valence electrons. The van der Waals surface area contributed by atoms with Gasteiger partial charge >= 0.3 is 5.97 Å². The van der Waals surface area contributed by atoms with E-state index in [0.717, 1.165) is 31.6 Å². The first-order valence-electron chi connectivity index (χ1n) is 7.87. The molecule has 1 N–H and O–H groups in total. The largest absolute Gasteiger partial charge is 0.466 e. The lowest BCUT2D eigenvalue weighted by Crippen LogP contribution is -2.49. The fourth-order valence-electron chi connectivity index (χ4n) is 4.35. The van der Waals surface area contributed by atoms with E-state index in [2.05, 4.69) is 10.1 Å². The zero-order chi connectivity index (χ0) is 14.1. The molecule has 3 aliphatic rings. The molecule has 0 amide bonds. The molecule has 2 saturated carbocycles. The van der Waals surface area contributed by atoms with Crippen LogP contribution in [0.1, 0.15) is 39.0 Å². The Morgan fingerprint density at radius 3 is 2.75 bits per heavy atom. The molecule has 0 aromatic rings. The lowest BCUT2D eigenvalue weighted by Gasteiger charge is -2.39. The van der Waals surface area contributed by atoms with Gasteiger partial charge in [0, 0.05) is 5.92 Å². The number of fused-ring (bicyclic) bond motifs is 2. The standard InChI is InChI=1S/C15H24N2O3/c1-2-20-15(18)10-5-7-17(8-6-10)14-12-4-3-11(9-12)13(14)16-19/h10-12,14,19H,2-9H2,1H3/b16-13-/t11-,12+,14+/m0/s1. The second-order valence-electron chi connectivity index (χ2n) is 6.30. The normalized spacial score (nSPS) is 36.6. The summed E-state index contributed by atoms with van der Waals surface area (Å²) >= 11 is 0. The van der Waals surface area contributed by atoms with E-state index in [1.807, 2.05) is 6.92 Å². The first kappa shape index (κ1) is 13.9. The topological polar surface area (TPSA) is 62.1 Å². The molecule has 5 nitrogen and oxygen atoms in total. The quantitative estimate of drug-likeness (QED) is 0.487. The van der Waals surface area contributed by atoms with Crippen LogP contribution < -0.4 is 0 Å². The Hall–Kier alpha value is -1.10. The number of piperidine rings is 1. The first-order valence-corrected chi connectivity index (χ1v) is 7.87. The summed E-state index contributed by atoms with van der Waals surface area (Å²) in [6, 6.07) is 0.321. The summed E-state index contributed by atoms with van der Waals surface area (Å²) in [6.07, 6.45) is 5.35. The molecule has 0 aromatic carbocycles. The Kier molecular flexibility index (Phi) is 3.96. The van der Waals surface area contributed by atoms with Crippen molar-refractivity contribution in [1.82, 2.24) is 4.90 Å². The summed E-state index contributed by atoms with van der Waals surface area (Å²) in [6.45, 7) is 4.14. The van der Waals surface area contributed by atoms with E-state index in [0.29, 0.717) is 24.5 Å². The van der Waals surface area contributed by atoms with Crippen LogP contribution in [0.4, 0.5) is 0 Å². The van der Waals surface area contributed by atoms with E-state index in [1.165, 1.54) is 19.3 Å². The van der Waals surface area contributed by atoms with Crippen LogP contribution in [0.3, 0.4) is 0 Å². The van der Waals surface area contributed by atoms with Crippen LogP contribution in [0.25, 0.3) is 0 Å². The van der Waals surface area contributed by atoms with Crippen molar-refractivity contribution in [2.24, 2.45) is 22.9 Å². The van der Waals surface area contributed by atoms with Crippen molar-refractivity contribution in [2.75, 3.05) is 19.7 Å². The van der Waals surface area contributed by atoms with Crippen LogP contribution in [0.2, 0.25) is 0 Å². The highest BCUT2D eigenvalue weighted by atomic mass is 16.5. The summed E-state index contributed by atoms with van der Waals surface area (Å²) in [5.74, 6) is 1.17. The molecule has 20 heavy (non-hydrogen) atoms. The van der Waals surface area contributed by atoms with Gasteiger partial charge < -0.3 is 9.94 Å². The maximum absolute atomic E-state index is 11.8. The molecular weight excluding hydrogens is 256 g/mol.